The van der Waals surface area contributed by atoms with Gasteiger partial charge in [0, 0.05) is 11.8 Å². The molecule has 1 amide bonds. The lowest BCUT2D eigenvalue weighted by Gasteiger charge is -2.08. The minimum Gasteiger partial charge on any atom is -0.462 e. The van der Waals surface area contributed by atoms with Crippen LogP contribution in [0.5, 0.6) is 0 Å². The highest BCUT2D eigenvalue weighted by atomic mass is 32.2. The van der Waals surface area contributed by atoms with E-state index < -0.39 is 11.9 Å². The van der Waals surface area contributed by atoms with Crippen molar-refractivity contribution in [2.45, 2.75) is 19.6 Å². The van der Waals surface area contributed by atoms with Crippen molar-refractivity contribution >= 4 is 29.3 Å². The molecule has 0 spiro atoms. The summed E-state index contributed by atoms with van der Waals surface area (Å²) in [6.07, 6.45) is 1.88. The minimum atomic E-state index is -0.492. The molecule has 0 aliphatic heterocycles. The summed E-state index contributed by atoms with van der Waals surface area (Å²) in [5.41, 5.74) is 0.555. The summed E-state index contributed by atoms with van der Waals surface area (Å²) >= 11 is 1.49. The number of rotatable bonds is 7. The van der Waals surface area contributed by atoms with Crippen molar-refractivity contribution in [3.8, 4) is 0 Å². The molecule has 1 heterocycles. The van der Waals surface area contributed by atoms with Crippen LogP contribution in [0.2, 0.25) is 0 Å². The SMILES string of the molecule is CSCc1nc(C(=O)Nc2ccc(C(=O)OCC(C)C)cc2)cc(=O)[nH]1. The van der Waals surface area contributed by atoms with Crippen LogP contribution in [0.15, 0.2) is 35.1 Å². The van der Waals surface area contributed by atoms with Gasteiger partial charge in [-0.05, 0) is 36.4 Å². The molecule has 138 valence electrons. The van der Waals surface area contributed by atoms with E-state index in [0.29, 0.717) is 29.4 Å². The Morgan fingerprint density at radius 3 is 2.58 bits per heavy atom. The van der Waals surface area contributed by atoms with E-state index in [4.69, 9.17) is 4.74 Å². The normalized spacial score (nSPS) is 10.6. The van der Waals surface area contributed by atoms with Crippen molar-refractivity contribution in [3.05, 3.63) is 57.8 Å². The molecule has 1 aromatic carbocycles. The zero-order valence-corrected chi connectivity index (χ0v) is 15.7. The van der Waals surface area contributed by atoms with Crippen LogP contribution in [0.25, 0.3) is 0 Å². The lowest BCUT2D eigenvalue weighted by molar-refractivity contribution is 0.0459. The Bertz CT molecular complexity index is 831. The van der Waals surface area contributed by atoms with E-state index in [2.05, 4.69) is 15.3 Å². The Morgan fingerprint density at radius 2 is 1.96 bits per heavy atom. The summed E-state index contributed by atoms with van der Waals surface area (Å²) in [6.45, 7) is 4.27. The van der Waals surface area contributed by atoms with Gasteiger partial charge in [-0.1, -0.05) is 13.8 Å². The van der Waals surface area contributed by atoms with Gasteiger partial charge in [0.15, 0.2) is 0 Å². The van der Waals surface area contributed by atoms with Crippen molar-refractivity contribution in [2.75, 3.05) is 18.2 Å². The molecule has 7 nitrogen and oxygen atoms in total. The Morgan fingerprint density at radius 1 is 1.27 bits per heavy atom. The number of thioether (sulfide) groups is 1. The van der Waals surface area contributed by atoms with Crippen LogP contribution in [0.3, 0.4) is 0 Å². The van der Waals surface area contributed by atoms with Crippen LogP contribution >= 0.6 is 11.8 Å². The summed E-state index contributed by atoms with van der Waals surface area (Å²) < 4.78 is 5.15. The molecule has 2 N–H and O–H groups in total. The van der Waals surface area contributed by atoms with Gasteiger partial charge < -0.3 is 15.0 Å². The maximum absolute atomic E-state index is 12.3. The highest BCUT2D eigenvalue weighted by Crippen LogP contribution is 2.12. The van der Waals surface area contributed by atoms with E-state index in [1.807, 2.05) is 20.1 Å². The molecule has 0 bridgehead atoms. The number of anilines is 1. The van der Waals surface area contributed by atoms with Gasteiger partial charge in [0.2, 0.25) is 0 Å². The highest BCUT2D eigenvalue weighted by molar-refractivity contribution is 7.97. The van der Waals surface area contributed by atoms with Gasteiger partial charge in [0.1, 0.15) is 11.5 Å². The number of carbonyl (C=O) groups is 2. The molecular weight excluding hydrogens is 354 g/mol. The molecule has 0 atom stereocenters. The summed E-state index contributed by atoms with van der Waals surface area (Å²) in [5, 5.41) is 2.66. The average molecular weight is 375 g/mol. The van der Waals surface area contributed by atoms with E-state index in [1.54, 1.807) is 24.3 Å². The van der Waals surface area contributed by atoms with E-state index in [9.17, 15) is 14.4 Å². The van der Waals surface area contributed by atoms with Gasteiger partial charge in [0.05, 0.1) is 17.9 Å². The van der Waals surface area contributed by atoms with Crippen LogP contribution in [0.1, 0.15) is 40.5 Å². The first-order chi connectivity index (χ1) is 12.4. The Balaban J connectivity index is 2.05. The number of benzene rings is 1. The molecule has 0 unspecified atom stereocenters. The van der Waals surface area contributed by atoms with Gasteiger partial charge >= 0.3 is 5.97 Å². The first kappa shape index (κ1) is 19.7. The number of hydrogen-bond acceptors (Lipinski definition) is 6. The number of carbonyl (C=O) groups excluding carboxylic acids is 2. The monoisotopic (exact) mass is 375 g/mol. The second kappa shape index (κ2) is 9.19. The van der Waals surface area contributed by atoms with Crippen LogP contribution in [0.4, 0.5) is 5.69 Å². The topological polar surface area (TPSA) is 101 Å². The highest BCUT2D eigenvalue weighted by Gasteiger charge is 2.12. The van der Waals surface area contributed by atoms with E-state index in [0.717, 1.165) is 6.07 Å². The van der Waals surface area contributed by atoms with Crippen molar-refractivity contribution < 1.29 is 14.3 Å². The van der Waals surface area contributed by atoms with Crippen LogP contribution < -0.4 is 10.9 Å². The number of aromatic amines is 1. The summed E-state index contributed by atoms with van der Waals surface area (Å²) in [6, 6.07) is 7.49. The van der Waals surface area contributed by atoms with Crippen LogP contribution in [0, 0.1) is 5.92 Å². The Hall–Kier alpha value is -2.61. The molecule has 8 heteroatoms. The third kappa shape index (κ3) is 5.73. The van der Waals surface area contributed by atoms with Gasteiger partial charge in [-0.2, -0.15) is 11.8 Å². The smallest absolute Gasteiger partial charge is 0.338 e. The maximum Gasteiger partial charge on any atom is 0.338 e. The zero-order chi connectivity index (χ0) is 19.1. The summed E-state index contributed by atoms with van der Waals surface area (Å²) in [7, 11) is 0. The number of nitrogens with zero attached hydrogens (tertiary/aromatic N) is 1. The quantitative estimate of drug-likeness (QED) is 0.722. The fourth-order valence-corrected chi connectivity index (χ4v) is 2.45. The number of H-pyrrole nitrogens is 1. The Labute approximate surface area is 155 Å². The molecule has 2 rings (SSSR count). The van der Waals surface area contributed by atoms with Gasteiger partial charge in [-0.15, -0.1) is 0 Å². The predicted molar refractivity (Wildman–Crippen MR) is 102 cm³/mol. The molecule has 0 saturated carbocycles. The van der Waals surface area contributed by atoms with Gasteiger partial charge in [-0.25, -0.2) is 9.78 Å². The average Bonchev–Trinajstić information content (AvgIpc) is 2.60. The second-order valence-corrected chi connectivity index (χ2v) is 6.90. The van der Waals surface area contributed by atoms with Gasteiger partial charge in [0.25, 0.3) is 11.5 Å². The molecular formula is C18H21N3O4S. The number of hydrogen-bond donors (Lipinski definition) is 2. The molecule has 0 fully saturated rings. The molecule has 0 aliphatic rings. The molecule has 26 heavy (non-hydrogen) atoms. The van der Waals surface area contributed by atoms with Crippen molar-refractivity contribution in [1.29, 1.82) is 0 Å². The second-order valence-electron chi connectivity index (χ2n) is 6.03. The summed E-state index contributed by atoms with van der Waals surface area (Å²) in [5.74, 6) is 0.306. The van der Waals surface area contributed by atoms with E-state index in [-0.39, 0.29) is 17.2 Å². The third-order valence-corrected chi connectivity index (χ3v) is 3.79. The maximum atomic E-state index is 12.3. The molecule has 1 aromatic heterocycles. The fourth-order valence-electron chi connectivity index (χ4n) is 2.04. The van der Waals surface area contributed by atoms with E-state index >= 15 is 0 Å². The lowest BCUT2D eigenvalue weighted by atomic mass is 10.2. The standard InChI is InChI=1S/C18H21N3O4S/c1-11(2)9-25-18(24)12-4-6-13(7-5-12)19-17(23)14-8-16(22)21-15(20-14)10-26-3/h4-8,11H,9-10H2,1-3H3,(H,19,23)(H,20,21,22). The molecule has 2 aromatic rings. The number of nitrogens with one attached hydrogen (secondary N) is 2. The number of aromatic nitrogens is 2. The van der Waals surface area contributed by atoms with Crippen LogP contribution in [-0.2, 0) is 10.5 Å². The third-order valence-electron chi connectivity index (χ3n) is 3.23. The number of amides is 1. The predicted octanol–water partition coefficient (Wildman–Crippen LogP) is 2.70. The molecule has 0 aliphatic carbocycles. The fraction of sp³-hybridized carbons (Fsp3) is 0.333. The minimum absolute atomic E-state index is 0.0400. The van der Waals surface area contributed by atoms with Crippen molar-refractivity contribution in [2.24, 2.45) is 5.92 Å². The number of esters is 1. The van der Waals surface area contributed by atoms with Crippen LogP contribution in [-0.4, -0.2) is 34.7 Å². The number of ether oxygens (including phenoxy) is 1. The van der Waals surface area contributed by atoms with Crippen molar-refractivity contribution in [3.63, 3.8) is 0 Å². The lowest BCUT2D eigenvalue weighted by Crippen LogP contribution is -2.20. The van der Waals surface area contributed by atoms with E-state index in [1.165, 1.54) is 11.8 Å². The first-order valence-electron chi connectivity index (χ1n) is 8.06. The summed E-state index contributed by atoms with van der Waals surface area (Å²) in [4.78, 5) is 42.5. The molecule has 0 saturated heterocycles. The van der Waals surface area contributed by atoms with Gasteiger partial charge in [-0.3, -0.25) is 9.59 Å². The molecule has 0 radical (unpaired) electrons. The Kier molecular flexibility index (Phi) is 6.97. The van der Waals surface area contributed by atoms with Crippen molar-refractivity contribution in [1.82, 2.24) is 9.97 Å². The first-order valence-corrected chi connectivity index (χ1v) is 9.46. The largest absolute Gasteiger partial charge is 0.462 e. The zero-order valence-electron chi connectivity index (χ0n) is 14.9.